The Bertz CT molecular complexity index is 296. The first-order valence-corrected chi connectivity index (χ1v) is 6.49. The monoisotopic (exact) mass is 257 g/mol. The standard InChI is InChI=1S/C12H23N3O3/c1-4-14-12(17)15-11(16)9(3)18-10-7-13-6-5-8(10)2/h8-10,13H,4-7H2,1-3H3,(H2,14,15,16,17). The molecule has 1 fully saturated rings. The van der Waals surface area contributed by atoms with E-state index in [1.165, 1.54) is 0 Å². The molecule has 0 spiro atoms. The second-order valence-electron chi connectivity index (χ2n) is 4.64. The number of piperidine rings is 1. The molecule has 6 heteroatoms. The molecule has 1 saturated heterocycles. The third-order valence-corrected chi connectivity index (χ3v) is 3.08. The van der Waals surface area contributed by atoms with Crippen molar-refractivity contribution in [3.63, 3.8) is 0 Å². The smallest absolute Gasteiger partial charge is 0.321 e. The third kappa shape index (κ3) is 4.62. The van der Waals surface area contributed by atoms with E-state index < -0.39 is 18.0 Å². The molecule has 0 bridgehead atoms. The molecule has 1 aliphatic heterocycles. The van der Waals surface area contributed by atoms with E-state index in [0.29, 0.717) is 12.5 Å². The molecular weight excluding hydrogens is 234 g/mol. The Balaban J connectivity index is 2.36. The topological polar surface area (TPSA) is 79.5 Å². The van der Waals surface area contributed by atoms with E-state index in [0.717, 1.165) is 19.5 Å². The molecule has 18 heavy (non-hydrogen) atoms. The van der Waals surface area contributed by atoms with E-state index in [-0.39, 0.29) is 6.10 Å². The Labute approximate surface area is 108 Å². The molecule has 0 aliphatic carbocycles. The number of hydrogen-bond acceptors (Lipinski definition) is 4. The summed E-state index contributed by atoms with van der Waals surface area (Å²) in [5, 5.41) is 7.99. The van der Waals surface area contributed by atoms with Gasteiger partial charge in [-0.3, -0.25) is 10.1 Å². The molecule has 3 N–H and O–H groups in total. The van der Waals surface area contributed by atoms with Gasteiger partial charge in [0, 0.05) is 13.1 Å². The molecule has 0 aromatic heterocycles. The number of imide groups is 1. The Hall–Kier alpha value is -1.14. The Morgan fingerprint density at radius 1 is 1.50 bits per heavy atom. The highest BCUT2D eigenvalue weighted by Crippen LogP contribution is 2.16. The molecular formula is C12H23N3O3. The molecule has 1 rings (SSSR count). The van der Waals surface area contributed by atoms with E-state index in [2.05, 4.69) is 22.9 Å². The average Bonchev–Trinajstić information content (AvgIpc) is 2.32. The number of nitrogens with one attached hydrogen (secondary N) is 3. The SMILES string of the molecule is CCNC(=O)NC(=O)C(C)OC1CNCCC1C. The summed E-state index contributed by atoms with van der Waals surface area (Å²) in [6, 6.07) is -0.479. The number of carbonyl (C=O) groups is 2. The van der Waals surface area contributed by atoms with Crippen molar-refractivity contribution in [2.45, 2.75) is 39.4 Å². The van der Waals surface area contributed by atoms with Crippen molar-refractivity contribution in [2.24, 2.45) is 5.92 Å². The van der Waals surface area contributed by atoms with Gasteiger partial charge in [0.2, 0.25) is 0 Å². The molecule has 3 amide bonds. The van der Waals surface area contributed by atoms with Crippen molar-refractivity contribution in [2.75, 3.05) is 19.6 Å². The maximum absolute atomic E-state index is 11.7. The Morgan fingerprint density at radius 2 is 2.22 bits per heavy atom. The van der Waals surface area contributed by atoms with Gasteiger partial charge in [0.15, 0.2) is 0 Å². The fourth-order valence-corrected chi connectivity index (χ4v) is 1.89. The zero-order chi connectivity index (χ0) is 13.5. The summed E-state index contributed by atoms with van der Waals surface area (Å²) in [5.41, 5.74) is 0. The lowest BCUT2D eigenvalue weighted by Crippen LogP contribution is -2.48. The molecule has 0 aromatic rings. The van der Waals surface area contributed by atoms with Crippen LogP contribution in [0.25, 0.3) is 0 Å². The lowest BCUT2D eigenvalue weighted by Gasteiger charge is -2.31. The van der Waals surface area contributed by atoms with Gasteiger partial charge < -0.3 is 15.4 Å². The van der Waals surface area contributed by atoms with Crippen LogP contribution in [0.2, 0.25) is 0 Å². The Kier molecular flexibility index (Phi) is 6.07. The van der Waals surface area contributed by atoms with E-state index in [1.54, 1.807) is 13.8 Å². The molecule has 6 nitrogen and oxygen atoms in total. The van der Waals surface area contributed by atoms with Crippen LogP contribution >= 0.6 is 0 Å². The van der Waals surface area contributed by atoms with Gasteiger partial charge in [-0.25, -0.2) is 4.79 Å². The minimum atomic E-state index is -0.625. The minimum Gasteiger partial charge on any atom is -0.364 e. The van der Waals surface area contributed by atoms with Gasteiger partial charge in [0.05, 0.1) is 6.10 Å². The second-order valence-corrected chi connectivity index (χ2v) is 4.64. The number of hydrogen-bond donors (Lipinski definition) is 3. The van der Waals surface area contributed by atoms with Crippen LogP contribution in [0.5, 0.6) is 0 Å². The highest BCUT2D eigenvalue weighted by atomic mass is 16.5. The first-order valence-electron chi connectivity index (χ1n) is 6.49. The van der Waals surface area contributed by atoms with Crippen molar-refractivity contribution in [3.05, 3.63) is 0 Å². The second kappa shape index (κ2) is 7.33. The lowest BCUT2D eigenvalue weighted by molar-refractivity contribution is -0.136. The molecule has 1 heterocycles. The average molecular weight is 257 g/mol. The predicted octanol–water partition coefficient (Wildman–Crippen LogP) is 0.235. The molecule has 3 atom stereocenters. The fraction of sp³-hybridized carbons (Fsp3) is 0.833. The quantitative estimate of drug-likeness (QED) is 0.674. The largest absolute Gasteiger partial charge is 0.364 e. The van der Waals surface area contributed by atoms with Crippen molar-refractivity contribution < 1.29 is 14.3 Å². The van der Waals surface area contributed by atoms with Gasteiger partial charge in [-0.2, -0.15) is 0 Å². The predicted molar refractivity (Wildman–Crippen MR) is 68.2 cm³/mol. The van der Waals surface area contributed by atoms with Crippen LogP contribution in [0.15, 0.2) is 0 Å². The number of amides is 3. The van der Waals surface area contributed by atoms with Crippen LogP contribution in [0, 0.1) is 5.92 Å². The van der Waals surface area contributed by atoms with E-state index >= 15 is 0 Å². The minimum absolute atomic E-state index is 0.0220. The highest BCUT2D eigenvalue weighted by molar-refractivity contribution is 5.96. The molecule has 1 aliphatic rings. The van der Waals surface area contributed by atoms with Gasteiger partial charge in [-0.15, -0.1) is 0 Å². The summed E-state index contributed by atoms with van der Waals surface area (Å²) in [5.74, 6) is 0.0182. The van der Waals surface area contributed by atoms with E-state index in [9.17, 15) is 9.59 Å². The van der Waals surface area contributed by atoms with Gasteiger partial charge in [-0.1, -0.05) is 6.92 Å². The van der Waals surface area contributed by atoms with Crippen LogP contribution in [0.1, 0.15) is 27.2 Å². The van der Waals surface area contributed by atoms with Gasteiger partial charge in [0.25, 0.3) is 5.91 Å². The molecule has 0 aromatic carbocycles. The first-order chi connectivity index (χ1) is 8.54. The summed E-state index contributed by atoms with van der Waals surface area (Å²) in [6.07, 6.45) is 0.434. The molecule has 0 saturated carbocycles. The molecule has 3 unspecified atom stereocenters. The van der Waals surface area contributed by atoms with Crippen LogP contribution in [0.4, 0.5) is 4.79 Å². The van der Waals surface area contributed by atoms with Gasteiger partial charge in [0.1, 0.15) is 6.10 Å². The molecule has 104 valence electrons. The normalized spacial score (nSPS) is 25.3. The van der Waals surface area contributed by atoms with Crippen molar-refractivity contribution >= 4 is 11.9 Å². The number of ether oxygens (including phenoxy) is 1. The maximum Gasteiger partial charge on any atom is 0.321 e. The van der Waals surface area contributed by atoms with Gasteiger partial charge >= 0.3 is 6.03 Å². The zero-order valence-corrected chi connectivity index (χ0v) is 11.3. The van der Waals surface area contributed by atoms with Crippen LogP contribution < -0.4 is 16.0 Å². The Morgan fingerprint density at radius 3 is 2.83 bits per heavy atom. The third-order valence-electron chi connectivity index (χ3n) is 3.08. The van der Waals surface area contributed by atoms with Gasteiger partial charge in [-0.05, 0) is 32.7 Å². The van der Waals surface area contributed by atoms with Crippen molar-refractivity contribution in [3.8, 4) is 0 Å². The van der Waals surface area contributed by atoms with Crippen LogP contribution in [-0.4, -0.2) is 43.8 Å². The summed E-state index contributed by atoms with van der Waals surface area (Å²) in [7, 11) is 0. The van der Waals surface area contributed by atoms with Crippen LogP contribution in [-0.2, 0) is 9.53 Å². The fourth-order valence-electron chi connectivity index (χ4n) is 1.89. The summed E-state index contributed by atoms with van der Waals surface area (Å²) >= 11 is 0. The van der Waals surface area contributed by atoms with Crippen molar-refractivity contribution in [1.29, 1.82) is 0 Å². The van der Waals surface area contributed by atoms with E-state index in [1.807, 2.05) is 0 Å². The zero-order valence-electron chi connectivity index (χ0n) is 11.3. The number of rotatable bonds is 4. The van der Waals surface area contributed by atoms with Crippen molar-refractivity contribution in [1.82, 2.24) is 16.0 Å². The molecule has 0 radical (unpaired) electrons. The van der Waals surface area contributed by atoms with E-state index in [4.69, 9.17) is 4.74 Å². The summed E-state index contributed by atoms with van der Waals surface area (Å²) < 4.78 is 5.69. The van der Waals surface area contributed by atoms with Crippen LogP contribution in [0.3, 0.4) is 0 Å². The lowest BCUT2D eigenvalue weighted by atomic mass is 9.97. The summed E-state index contributed by atoms with van der Waals surface area (Å²) in [6.45, 7) is 7.79. The maximum atomic E-state index is 11.7. The number of carbonyl (C=O) groups excluding carboxylic acids is 2. The summed E-state index contributed by atoms with van der Waals surface area (Å²) in [4.78, 5) is 22.9. The number of urea groups is 1. The first kappa shape index (κ1) is 14.9. The highest BCUT2D eigenvalue weighted by Gasteiger charge is 2.26.